The molecule has 0 aromatic carbocycles. The van der Waals surface area contributed by atoms with Crippen LogP contribution in [-0.2, 0) is 13.0 Å². The monoisotopic (exact) mass is 259 g/mol. The van der Waals surface area contributed by atoms with Crippen LogP contribution in [0.25, 0.3) is 0 Å². The number of aromatic nitrogens is 1. The molecule has 0 saturated carbocycles. The molecule has 0 amide bonds. The van der Waals surface area contributed by atoms with Crippen molar-refractivity contribution < 1.29 is 0 Å². The predicted octanol–water partition coefficient (Wildman–Crippen LogP) is 2.91. The van der Waals surface area contributed by atoms with Gasteiger partial charge in [0.05, 0.1) is 16.8 Å². The summed E-state index contributed by atoms with van der Waals surface area (Å²) in [5.41, 5.74) is 1.14. The molecule has 0 radical (unpaired) electrons. The van der Waals surface area contributed by atoms with E-state index in [4.69, 9.17) is 5.26 Å². The highest BCUT2D eigenvalue weighted by Crippen LogP contribution is 2.09. The van der Waals surface area contributed by atoms with Gasteiger partial charge in [-0.2, -0.15) is 5.26 Å². The quantitative estimate of drug-likeness (QED) is 0.766. The summed E-state index contributed by atoms with van der Waals surface area (Å²) in [7, 11) is 0. The van der Waals surface area contributed by atoms with Crippen LogP contribution in [0.15, 0.2) is 5.38 Å². The molecule has 90 valence electrons. The van der Waals surface area contributed by atoms with Crippen molar-refractivity contribution in [1.29, 1.82) is 5.26 Å². The molecule has 0 bridgehead atoms. The predicted molar refractivity (Wildman–Crippen MR) is 69.9 cm³/mol. The number of thiazole rings is 1. The highest BCUT2D eigenvalue weighted by atomic mass is 35.5. The Balaban J connectivity index is 0.00000225. The highest BCUT2D eigenvalue weighted by Gasteiger charge is 1.98. The molecule has 1 heterocycles. The Morgan fingerprint density at radius 2 is 2.31 bits per heavy atom. The van der Waals surface area contributed by atoms with Gasteiger partial charge < -0.3 is 5.32 Å². The second kappa shape index (κ2) is 9.59. The summed E-state index contributed by atoms with van der Waals surface area (Å²) >= 11 is 1.73. The van der Waals surface area contributed by atoms with Gasteiger partial charge in [0.15, 0.2) is 0 Å². The highest BCUT2D eigenvalue weighted by molar-refractivity contribution is 7.09. The van der Waals surface area contributed by atoms with Gasteiger partial charge in [0.2, 0.25) is 0 Å². The van der Waals surface area contributed by atoms with Gasteiger partial charge >= 0.3 is 0 Å². The second-order valence-corrected chi connectivity index (χ2v) is 4.32. The van der Waals surface area contributed by atoms with E-state index in [0.29, 0.717) is 6.42 Å². The minimum Gasteiger partial charge on any atom is -0.311 e. The van der Waals surface area contributed by atoms with E-state index >= 15 is 0 Å². The zero-order valence-corrected chi connectivity index (χ0v) is 11.2. The minimum atomic E-state index is 0. The molecule has 0 atom stereocenters. The van der Waals surface area contributed by atoms with Crippen LogP contribution in [-0.4, -0.2) is 11.5 Å². The van der Waals surface area contributed by atoms with Crippen LogP contribution in [0.3, 0.4) is 0 Å². The maximum atomic E-state index is 8.35. The van der Waals surface area contributed by atoms with Gasteiger partial charge in [0.1, 0.15) is 0 Å². The number of nitrogens with zero attached hydrogens (tertiary/aromatic N) is 2. The molecule has 0 spiro atoms. The molecule has 0 fully saturated rings. The molecule has 1 aromatic heterocycles. The molecular formula is C11H18ClN3S. The Morgan fingerprint density at radius 1 is 1.50 bits per heavy atom. The van der Waals surface area contributed by atoms with Crippen LogP contribution >= 0.6 is 23.7 Å². The molecule has 1 rings (SSSR count). The van der Waals surface area contributed by atoms with Crippen molar-refractivity contribution in [3.63, 3.8) is 0 Å². The van der Waals surface area contributed by atoms with Gasteiger partial charge in [-0.05, 0) is 25.8 Å². The number of halogens is 1. The SMILES string of the molecule is CCc1nc(CNCCCCC#N)cs1.Cl. The third kappa shape index (κ3) is 6.06. The molecule has 1 aromatic rings. The standard InChI is InChI=1S/C11H17N3S.ClH/c1-2-11-14-10(9-15-11)8-13-7-5-3-4-6-12;/h9,13H,2-5,7-8H2,1H3;1H. The summed E-state index contributed by atoms with van der Waals surface area (Å²) in [4.78, 5) is 4.47. The Kier molecular flexibility index (Phi) is 9.21. The van der Waals surface area contributed by atoms with Crippen molar-refractivity contribution in [3.05, 3.63) is 16.1 Å². The van der Waals surface area contributed by atoms with Gasteiger partial charge in [0.25, 0.3) is 0 Å². The summed E-state index contributed by atoms with van der Waals surface area (Å²) in [6.07, 6.45) is 3.74. The molecule has 0 aliphatic carbocycles. The first kappa shape index (κ1) is 15.4. The van der Waals surface area contributed by atoms with Gasteiger partial charge in [-0.25, -0.2) is 4.98 Å². The Hall–Kier alpha value is -0.630. The fourth-order valence-corrected chi connectivity index (χ4v) is 2.01. The summed E-state index contributed by atoms with van der Waals surface area (Å²) in [5, 5.41) is 15.0. The second-order valence-electron chi connectivity index (χ2n) is 3.38. The average molecular weight is 260 g/mol. The third-order valence-corrected chi connectivity index (χ3v) is 3.14. The summed E-state index contributed by atoms with van der Waals surface area (Å²) in [5.74, 6) is 0. The molecule has 3 nitrogen and oxygen atoms in total. The molecule has 0 aliphatic rings. The van der Waals surface area contributed by atoms with Crippen molar-refractivity contribution >= 4 is 23.7 Å². The van der Waals surface area contributed by atoms with Crippen LogP contribution in [0.1, 0.15) is 36.9 Å². The molecule has 16 heavy (non-hydrogen) atoms. The maximum Gasteiger partial charge on any atom is 0.0926 e. The lowest BCUT2D eigenvalue weighted by Crippen LogP contribution is -2.14. The van der Waals surface area contributed by atoms with E-state index in [1.165, 1.54) is 5.01 Å². The number of unbranched alkanes of at least 4 members (excludes halogenated alkanes) is 2. The molecule has 0 unspecified atom stereocenters. The lowest BCUT2D eigenvalue weighted by atomic mass is 10.2. The van der Waals surface area contributed by atoms with Crippen molar-refractivity contribution in [2.24, 2.45) is 0 Å². The zero-order chi connectivity index (χ0) is 10.9. The first-order valence-electron chi connectivity index (χ1n) is 5.37. The van der Waals surface area contributed by atoms with E-state index in [-0.39, 0.29) is 12.4 Å². The number of rotatable bonds is 7. The average Bonchev–Trinajstić information content (AvgIpc) is 2.71. The summed E-state index contributed by atoms with van der Waals surface area (Å²) < 4.78 is 0. The fourth-order valence-electron chi connectivity index (χ4n) is 1.26. The van der Waals surface area contributed by atoms with Crippen molar-refractivity contribution in [3.8, 4) is 6.07 Å². The Labute approximate surface area is 107 Å². The van der Waals surface area contributed by atoms with Crippen LogP contribution in [0, 0.1) is 11.3 Å². The smallest absolute Gasteiger partial charge is 0.0926 e. The van der Waals surface area contributed by atoms with E-state index in [2.05, 4.69) is 28.7 Å². The van der Waals surface area contributed by atoms with E-state index in [9.17, 15) is 0 Å². The van der Waals surface area contributed by atoms with Gasteiger partial charge in [-0.15, -0.1) is 23.7 Å². The van der Waals surface area contributed by atoms with E-state index < -0.39 is 0 Å². The van der Waals surface area contributed by atoms with Crippen molar-refractivity contribution in [2.45, 2.75) is 39.2 Å². The molecule has 5 heteroatoms. The van der Waals surface area contributed by atoms with Crippen LogP contribution in [0.4, 0.5) is 0 Å². The molecule has 0 saturated heterocycles. The van der Waals surface area contributed by atoms with Gasteiger partial charge in [-0.3, -0.25) is 0 Å². The minimum absolute atomic E-state index is 0. The number of hydrogen-bond acceptors (Lipinski definition) is 4. The van der Waals surface area contributed by atoms with Crippen LogP contribution in [0.2, 0.25) is 0 Å². The normalized spacial score (nSPS) is 9.50. The third-order valence-electron chi connectivity index (χ3n) is 2.10. The topological polar surface area (TPSA) is 48.7 Å². The lowest BCUT2D eigenvalue weighted by Gasteiger charge is -2.00. The van der Waals surface area contributed by atoms with Gasteiger partial charge in [-0.1, -0.05) is 6.92 Å². The summed E-state index contributed by atoms with van der Waals surface area (Å²) in [6.45, 7) is 3.95. The Bertz CT molecular complexity index is 319. The molecular weight excluding hydrogens is 242 g/mol. The number of hydrogen-bond donors (Lipinski definition) is 1. The maximum absolute atomic E-state index is 8.35. The first-order valence-corrected chi connectivity index (χ1v) is 6.25. The van der Waals surface area contributed by atoms with E-state index in [0.717, 1.165) is 38.0 Å². The van der Waals surface area contributed by atoms with Crippen LogP contribution < -0.4 is 5.32 Å². The zero-order valence-electron chi connectivity index (χ0n) is 9.53. The van der Waals surface area contributed by atoms with Gasteiger partial charge in [0, 0.05) is 18.3 Å². The first-order chi connectivity index (χ1) is 7.36. The number of nitriles is 1. The number of aryl methyl sites for hydroxylation is 1. The van der Waals surface area contributed by atoms with E-state index in [1.54, 1.807) is 11.3 Å². The van der Waals surface area contributed by atoms with E-state index in [1.807, 2.05) is 0 Å². The largest absolute Gasteiger partial charge is 0.311 e. The van der Waals surface area contributed by atoms with Crippen LogP contribution in [0.5, 0.6) is 0 Å². The number of nitrogens with one attached hydrogen (secondary N) is 1. The molecule has 0 aliphatic heterocycles. The van der Waals surface area contributed by atoms with Crippen molar-refractivity contribution in [2.75, 3.05) is 6.54 Å². The summed E-state index contributed by atoms with van der Waals surface area (Å²) in [6, 6.07) is 2.15. The van der Waals surface area contributed by atoms with Crippen molar-refractivity contribution in [1.82, 2.24) is 10.3 Å². The Morgan fingerprint density at radius 3 is 2.94 bits per heavy atom. The molecule has 1 N–H and O–H groups in total. The lowest BCUT2D eigenvalue weighted by molar-refractivity contribution is 0.622. The fraction of sp³-hybridized carbons (Fsp3) is 0.636.